The minimum atomic E-state index is -0.144. The Morgan fingerprint density at radius 2 is 1.94 bits per heavy atom. The van der Waals surface area contributed by atoms with E-state index >= 15 is 0 Å². The van der Waals surface area contributed by atoms with Crippen LogP contribution in [0.1, 0.15) is 46.1 Å². The lowest BCUT2D eigenvalue weighted by atomic mass is 10.1. The second kappa shape index (κ2) is 9.12. The zero-order valence-corrected chi connectivity index (χ0v) is 19.1. The van der Waals surface area contributed by atoms with Crippen molar-refractivity contribution < 1.29 is 19.4 Å². The number of aromatic nitrogens is 2. The average Bonchev–Trinajstić information content (AvgIpc) is 3.57. The van der Waals surface area contributed by atoms with Gasteiger partial charge in [0.2, 0.25) is 0 Å². The highest BCUT2D eigenvalue weighted by molar-refractivity contribution is 6.32. The molecule has 0 atom stereocenters. The third-order valence-corrected chi connectivity index (χ3v) is 5.94. The van der Waals surface area contributed by atoms with Crippen molar-refractivity contribution >= 4 is 17.5 Å². The second-order valence-electron chi connectivity index (χ2n) is 7.98. The van der Waals surface area contributed by atoms with E-state index < -0.39 is 0 Å². The molecular formula is C24H26ClN3O4. The Morgan fingerprint density at radius 3 is 2.59 bits per heavy atom. The SMILES string of the molecule is COc1ccc(CN(Cc2ccc(O)c(Cl)c2)C(=O)c2cc(C3CC3)nn2C)c(OC)c1. The van der Waals surface area contributed by atoms with Crippen molar-refractivity contribution in [1.82, 2.24) is 14.7 Å². The molecule has 1 aliphatic rings. The molecule has 0 unspecified atom stereocenters. The van der Waals surface area contributed by atoms with Crippen molar-refractivity contribution in [3.8, 4) is 17.2 Å². The number of phenols is 1. The van der Waals surface area contributed by atoms with Gasteiger partial charge in [-0.15, -0.1) is 0 Å². The number of carbonyl (C=O) groups excluding carboxylic acids is 1. The Balaban J connectivity index is 1.67. The number of halogens is 1. The molecule has 168 valence electrons. The standard InChI is InChI=1S/C24H26ClN3O4/c1-27-21(12-20(26-27)16-5-6-16)24(30)28(13-15-4-9-22(29)19(25)10-15)14-17-7-8-18(31-2)11-23(17)32-3/h4,7-12,16,29H,5-6,13-14H2,1-3H3. The monoisotopic (exact) mass is 455 g/mol. The number of methoxy groups -OCH3 is 2. The molecule has 4 rings (SSSR count). The molecule has 1 fully saturated rings. The van der Waals surface area contributed by atoms with E-state index in [1.165, 1.54) is 6.07 Å². The molecule has 7 nitrogen and oxygen atoms in total. The smallest absolute Gasteiger partial charge is 0.272 e. The van der Waals surface area contributed by atoms with Crippen LogP contribution in [0.5, 0.6) is 17.2 Å². The summed E-state index contributed by atoms with van der Waals surface area (Å²) in [6.07, 6.45) is 2.23. The van der Waals surface area contributed by atoms with Crippen LogP contribution in [0.25, 0.3) is 0 Å². The molecule has 1 amide bonds. The predicted molar refractivity (Wildman–Crippen MR) is 121 cm³/mol. The van der Waals surface area contributed by atoms with Crippen molar-refractivity contribution in [2.24, 2.45) is 7.05 Å². The van der Waals surface area contributed by atoms with Crippen molar-refractivity contribution in [2.45, 2.75) is 31.8 Å². The highest BCUT2D eigenvalue weighted by atomic mass is 35.5. The summed E-state index contributed by atoms with van der Waals surface area (Å²) >= 11 is 6.10. The summed E-state index contributed by atoms with van der Waals surface area (Å²) in [7, 11) is 4.98. The van der Waals surface area contributed by atoms with Gasteiger partial charge < -0.3 is 19.5 Å². The minimum absolute atomic E-state index is 0.00540. The van der Waals surface area contributed by atoms with Gasteiger partial charge in [-0.3, -0.25) is 9.48 Å². The Hall–Kier alpha value is -3.19. The number of rotatable bonds is 8. The van der Waals surface area contributed by atoms with Crippen LogP contribution in [0.3, 0.4) is 0 Å². The van der Waals surface area contributed by atoms with Crippen molar-refractivity contribution in [1.29, 1.82) is 0 Å². The Kier molecular flexibility index (Phi) is 6.28. The topological polar surface area (TPSA) is 76.8 Å². The number of aromatic hydroxyl groups is 1. The molecule has 2 aromatic carbocycles. The van der Waals surface area contributed by atoms with Gasteiger partial charge in [-0.05, 0) is 48.7 Å². The summed E-state index contributed by atoms with van der Waals surface area (Å²) in [4.78, 5) is 15.3. The number of ether oxygens (including phenoxy) is 2. The molecule has 0 aliphatic heterocycles. The fourth-order valence-corrected chi connectivity index (χ4v) is 3.89. The maximum atomic E-state index is 13.6. The van der Waals surface area contributed by atoms with Crippen LogP contribution < -0.4 is 9.47 Å². The number of carbonyl (C=O) groups is 1. The number of benzene rings is 2. The van der Waals surface area contributed by atoms with Gasteiger partial charge in [0.05, 0.1) is 31.5 Å². The summed E-state index contributed by atoms with van der Waals surface area (Å²) in [6.45, 7) is 0.617. The molecule has 8 heteroatoms. The van der Waals surface area contributed by atoms with Crippen LogP contribution in [0.4, 0.5) is 0 Å². The van der Waals surface area contributed by atoms with E-state index in [0.717, 1.165) is 29.7 Å². The van der Waals surface area contributed by atoms with Gasteiger partial charge in [-0.2, -0.15) is 5.10 Å². The lowest BCUT2D eigenvalue weighted by Gasteiger charge is -2.24. The van der Waals surface area contributed by atoms with Gasteiger partial charge in [0.25, 0.3) is 5.91 Å². The molecule has 0 bridgehead atoms. The first-order valence-corrected chi connectivity index (χ1v) is 10.8. The van der Waals surface area contributed by atoms with E-state index in [9.17, 15) is 9.90 Å². The molecule has 1 saturated carbocycles. The number of phenolic OH excluding ortho intramolecular Hbond substituents is 1. The third-order valence-electron chi connectivity index (χ3n) is 5.64. The van der Waals surface area contributed by atoms with Crippen molar-refractivity contribution in [3.05, 3.63) is 70.0 Å². The van der Waals surface area contributed by atoms with Crippen molar-refractivity contribution in [2.75, 3.05) is 14.2 Å². The maximum Gasteiger partial charge on any atom is 0.272 e. The molecule has 1 heterocycles. The zero-order valence-electron chi connectivity index (χ0n) is 18.3. The highest BCUT2D eigenvalue weighted by Gasteiger charge is 2.29. The average molecular weight is 456 g/mol. The van der Waals surface area contributed by atoms with Crippen LogP contribution in [-0.4, -0.2) is 39.9 Å². The van der Waals surface area contributed by atoms with Crippen LogP contribution in [0, 0.1) is 0 Å². The first-order chi connectivity index (χ1) is 15.4. The quantitative estimate of drug-likeness (QED) is 0.540. The first-order valence-electron chi connectivity index (χ1n) is 10.4. The van der Waals surface area contributed by atoms with Crippen LogP contribution in [0.15, 0.2) is 42.5 Å². The Morgan fingerprint density at radius 1 is 1.16 bits per heavy atom. The molecule has 0 spiro atoms. The second-order valence-corrected chi connectivity index (χ2v) is 8.38. The lowest BCUT2D eigenvalue weighted by molar-refractivity contribution is 0.0717. The number of amides is 1. The van der Waals surface area contributed by atoms with E-state index in [1.54, 1.807) is 49.0 Å². The molecule has 0 radical (unpaired) electrons. The van der Waals surface area contributed by atoms with Gasteiger partial charge in [0.1, 0.15) is 22.9 Å². The van der Waals surface area contributed by atoms with E-state index in [-0.39, 0.29) is 16.7 Å². The molecule has 1 N–H and O–H groups in total. The zero-order chi connectivity index (χ0) is 22.8. The number of hydrogen-bond donors (Lipinski definition) is 1. The van der Waals surface area contributed by atoms with E-state index in [1.807, 2.05) is 18.2 Å². The highest BCUT2D eigenvalue weighted by Crippen LogP contribution is 2.39. The first kappa shape index (κ1) is 22.0. The summed E-state index contributed by atoms with van der Waals surface area (Å²) in [5.41, 5.74) is 3.14. The van der Waals surface area contributed by atoms with E-state index in [0.29, 0.717) is 36.2 Å². The summed E-state index contributed by atoms with van der Waals surface area (Å²) in [5, 5.41) is 14.6. The van der Waals surface area contributed by atoms with Crippen molar-refractivity contribution in [3.63, 3.8) is 0 Å². The van der Waals surface area contributed by atoms with Gasteiger partial charge in [-0.25, -0.2) is 0 Å². The summed E-state index contributed by atoms with van der Waals surface area (Å²) in [6, 6.07) is 12.4. The fourth-order valence-electron chi connectivity index (χ4n) is 3.69. The molecule has 1 aliphatic carbocycles. The Labute approximate surface area is 192 Å². The largest absolute Gasteiger partial charge is 0.506 e. The van der Waals surface area contributed by atoms with Gasteiger partial charge in [0.15, 0.2) is 0 Å². The molecule has 0 saturated heterocycles. The van der Waals surface area contributed by atoms with Crippen LogP contribution in [0.2, 0.25) is 5.02 Å². The molecule has 3 aromatic rings. The maximum absolute atomic E-state index is 13.6. The number of nitrogens with zero attached hydrogens (tertiary/aromatic N) is 3. The summed E-state index contributed by atoms with van der Waals surface area (Å²) in [5.74, 6) is 1.62. The van der Waals surface area contributed by atoms with Crippen LogP contribution >= 0.6 is 11.6 Å². The number of aryl methyl sites for hydroxylation is 1. The van der Waals surface area contributed by atoms with Crippen LogP contribution in [-0.2, 0) is 20.1 Å². The Bertz CT molecular complexity index is 1140. The fraction of sp³-hybridized carbons (Fsp3) is 0.333. The molecular weight excluding hydrogens is 430 g/mol. The predicted octanol–water partition coefficient (Wildman–Crippen LogP) is 4.52. The number of hydrogen-bond acceptors (Lipinski definition) is 5. The molecule has 32 heavy (non-hydrogen) atoms. The lowest BCUT2D eigenvalue weighted by Crippen LogP contribution is -2.31. The third kappa shape index (κ3) is 4.67. The molecule has 1 aromatic heterocycles. The van der Waals surface area contributed by atoms with Gasteiger partial charge in [-0.1, -0.05) is 17.7 Å². The van der Waals surface area contributed by atoms with Gasteiger partial charge >= 0.3 is 0 Å². The van der Waals surface area contributed by atoms with E-state index in [2.05, 4.69) is 5.10 Å². The normalized spacial score (nSPS) is 13.1. The van der Waals surface area contributed by atoms with Gasteiger partial charge in [0, 0.05) is 31.1 Å². The van der Waals surface area contributed by atoms with E-state index in [4.69, 9.17) is 21.1 Å². The minimum Gasteiger partial charge on any atom is -0.506 e. The summed E-state index contributed by atoms with van der Waals surface area (Å²) < 4.78 is 12.5.